The molecule has 0 heterocycles. The highest BCUT2D eigenvalue weighted by Crippen LogP contribution is 2.26. The van der Waals surface area contributed by atoms with Gasteiger partial charge in [0.25, 0.3) is 5.69 Å². The summed E-state index contributed by atoms with van der Waals surface area (Å²) in [5.41, 5.74) is -0.883. The zero-order chi connectivity index (χ0) is 13.6. The van der Waals surface area contributed by atoms with Gasteiger partial charge in [-0.1, -0.05) is 12.1 Å². The lowest BCUT2D eigenvalue weighted by atomic mass is 9.82. The first-order valence-electron chi connectivity index (χ1n) is 5.19. The Morgan fingerprint density at radius 1 is 1.28 bits per heavy atom. The van der Waals surface area contributed by atoms with Gasteiger partial charge in [-0.25, -0.2) is 0 Å². The highest BCUT2D eigenvalue weighted by Gasteiger charge is 2.30. The number of nitriles is 2. The zero-order valence-electron chi connectivity index (χ0n) is 9.47. The van der Waals surface area contributed by atoms with Crippen LogP contribution in [0.25, 0.3) is 0 Å². The monoisotopic (exact) mass is 247 g/mol. The van der Waals surface area contributed by atoms with Crippen molar-refractivity contribution in [1.29, 1.82) is 10.5 Å². The number of hydrogen-bond donors (Lipinski definition) is 0. The molecule has 0 atom stereocenters. The fourth-order valence-electron chi connectivity index (χ4n) is 1.55. The quantitative estimate of drug-likeness (QED) is 0.590. The second kappa shape index (κ2) is 5.74. The van der Waals surface area contributed by atoms with E-state index in [1.165, 1.54) is 24.3 Å². The summed E-state index contributed by atoms with van der Waals surface area (Å²) in [6.07, 6.45) is -0.112. The third-order valence-corrected chi connectivity index (χ3v) is 2.60. The normalized spacial score (nSPS) is 10.4. The maximum Gasteiger partial charge on any atom is 0.269 e. The van der Waals surface area contributed by atoms with Crippen molar-refractivity contribution in [2.24, 2.45) is 5.41 Å². The van der Waals surface area contributed by atoms with Crippen LogP contribution in [0.2, 0.25) is 0 Å². The van der Waals surface area contributed by atoms with E-state index in [0.717, 1.165) is 0 Å². The molecule has 0 radical (unpaired) electrons. The Bertz CT molecular complexity index is 500. The number of nitro groups is 1. The maximum absolute atomic E-state index is 12.3. The minimum Gasteiger partial charge on any atom is -0.258 e. The number of halogens is 1. The molecule has 1 aromatic carbocycles. The van der Waals surface area contributed by atoms with Crippen LogP contribution in [0, 0.1) is 38.2 Å². The van der Waals surface area contributed by atoms with Crippen molar-refractivity contribution in [3.8, 4) is 12.1 Å². The molecule has 0 spiro atoms. The molecule has 92 valence electrons. The topological polar surface area (TPSA) is 90.7 Å². The van der Waals surface area contributed by atoms with Gasteiger partial charge in [-0.2, -0.15) is 10.5 Å². The van der Waals surface area contributed by atoms with Gasteiger partial charge in [0.15, 0.2) is 0 Å². The average Bonchev–Trinajstić information content (AvgIpc) is 2.38. The van der Waals surface area contributed by atoms with Crippen molar-refractivity contribution in [2.75, 3.05) is 6.67 Å². The Morgan fingerprint density at radius 3 is 2.22 bits per heavy atom. The van der Waals surface area contributed by atoms with Crippen LogP contribution >= 0.6 is 0 Å². The summed E-state index contributed by atoms with van der Waals surface area (Å²) in [7, 11) is 0. The van der Waals surface area contributed by atoms with E-state index in [1.54, 1.807) is 0 Å². The van der Waals surface area contributed by atoms with E-state index in [4.69, 9.17) is 10.5 Å². The molecule has 0 amide bonds. The van der Waals surface area contributed by atoms with Crippen molar-refractivity contribution < 1.29 is 9.31 Å². The second-order valence-electron chi connectivity index (χ2n) is 3.85. The molecule has 5 nitrogen and oxygen atoms in total. The first kappa shape index (κ1) is 13.6. The summed E-state index contributed by atoms with van der Waals surface area (Å²) in [4.78, 5) is 9.93. The van der Waals surface area contributed by atoms with E-state index in [-0.39, 0.29) is 18.5 Å². The standard InChI is InChI=1S/C12H10FN3O2/c13-6-5-12(8-14,9-15)7-10-1-3-11(4-2-10)16(17)18/h1-4H,5-7H2. The van der Waals surface area contributed by atoms with E-state index >= 15 is 0 Å². The predicted molar refractivity (Wildman–Crippen MR) is 61.1 cm³/mol. The molecular weight excluding hydrogens is 237 g/mol. The number of alkyl halides is 1. The second-order valence-corrected chi connectivity index (χ2v) is 3.85. The summed E-state index contributed by atoms with van der Waals surface area (Å²) >= 11 is 0. The summed E-state index contributed by atoms with van der Waals surface area (Å²) in [6, 6.07) is 9.17. The van der Waals surface area contributed by atoms with Gasteiger partial charge in [-0.3, -0.25) is 14.5 Å². The lowest BCUT2D eigenvalue weighted by Gasteiger charge is -2.16. The smallest absolute Gasteiger partial charge is 0.258 e. The van der Waals surface area contributed by atoms with Crippen LogP contribution in [0.5, 0.6) is 0 Å². The number of rotatable bonds is 5. The maximum atomic E-state index is 12.3. The molecule has 0 fully saturated rings. The van der Waals surface area contributed by atoms with Gasteiger partial charge in [0.2, 0.25) is 0 Å². The largest absolute Gasteiger partial charge is 0.269 e. The molecule has 0 unspecified atom stereocenters. The molecule has 6 heteroatoms. The predicted octanol–water partition coefficient (Wildman–Crippen LogP) is 2.53. The third kappa shape index (κ3) is 3.02. The van der Waals surface area contributed by atoms with Crippen molar-refractivity contribution in [3.05, 3.63) is 39.9 Å². The Labute approximate surface area is 103 Å². The fourth-order valence-corrected chi connectivity index (χ4v) is 1.55. The minimum atomic E-state index is -1.41. The SMILES string of the molecule is N#CC(C#N)(CCF)Cc1ccc([N+](=O)[O-])cc1. The van der Waals surface area contributed by atoms with Gasteiger partial charge in [0.1, 0.15) is 5.41 Å². The Kier molecular flexibility index (Phi) is 4.33. The van der Waals surface area contributed by atoms with Gasteiger partial charge in [0, 0.05) is 25.0 Å². The molecule has 1 aromatic rings. The minimum absolute atomic E-state index is 0.0575. The first-order chi connectivity index (χ1) is 8.56. The number of benzene rings is 1. The van der Waals surface area contributed by atoms with Crippen molar-refractivity contribution in [2.45, 2.75) is 12.8 Å². The molecule has 0 aromatic heterocycles. The van der Waals surface area contributed by atoms with Crippen LogP contribution < -0.4 is 0 Å². The highest BCUT2D eigenvalue weighted by atomic mass is 19.1. The number of nitro benzene ring substituents is 1. The van der Waals surface area contributed by atoms with Gasteiger partial charge < -0.3 is 0 Å². The first-order valence-corrected chi connectivity index (χ1v) is 5.19. The number of nitrogens with zero attached hydrogens (tertiary/aromatic N) is 3. The Balaban J connectivity index is 2.93. The van der Waals surface area contributed by atoms with E-state index in [2.05, 4.69) is 0 Å². The van der Waals surface area contributed by atoms with E-state index in [9.17, 15) is 14.5 Å². The number of hydrogen-bond acceptors (Lipinski definition) is 4. The molecule has 18 heavy (non-hydrogen) atoms. The Hall–Kier alpha value is -2.47. The molecule has 0 saturated carbocycles. The molecule has 0 N–H and O–H groups in total. The van der Waals surface area contributed by atoms with Gasteiger partial charge in [-0.15, -0.1) is 0 Å². The lowest BCUT2D eigenvalue weighted by Crippen LogP contribution is -2.20. The highest BCUT2D eigenvalue weighted by molar-refractivity contribution is 5.34. The summed E-state index contributed by atoms with van der Waals surface area (Å²) in [5.74, 6) is 0. The van der Waals surface area contributed by atoms with Crippen LogP contribution in [-0.4, -0.2) is 11.6 Å². The lowest BCUT2D eigenvalue weighted by molar-refractivity contribution is -0.384. The molecule has 1 rings (SSSR count). The zero-order valence-corrected chi connectivity index (χ0v) is 9.47. The molecule has 0 aliphatic carbocycles. The number of non-ortho nitro benzene ring substituents is 1. The van der Waals surface area contributed by atoms with Crippen LogP contribution in [0.3, 0.4) is 0 Å². The van der Waals surface area contributed by atoms with Crippen molar-refractivity contribution >= 4 is 5.69 Å². The van der Waals surface area contributed by atoms with Crippen LogP contribution in [0.15, 0.2) is 24.3 Å². The van der Waals surface area contributed by atoms with Gasteiger partial charge >= 0.3 is 0 Å². The molecule has 0 aliphatic rings. The van der Waals surface area contributed by atoms with Gasteiger partial charge in [-0.05, 0) is 5.56 Å². The third-order valence-electron chi connectivity index (χ3n) is 2.60. The fraction of sp³-hybridized carbons (Fsp3) is 0.333. The van der Waals surface area contributed by atoms with Crippen molar-refractivity contribution in [1.82, 2.24) is 0 Å². The average molecular weight is 247 g/mol. The van der Waals surface area contributed by atoms with E-state index in [1.807, 2.05) is 12.1 Å². The van der Waals surface area contributed by atoms with E-state index in [0.29, 0.717) is 5.56 Å². The van der Waals surface area contributed by atoms with Crippen molar-refractivity contribution in [3.63, 3.8) is 0 Å². The molecule has 0 saturated heterocycles. The van der Waals surface area contributed by atoms with Crippen LogP contribution in [0.4, 0.5) is 10.1 Å². The Morgan fingerprint density at radius 2 is 1.83 bits per heavy atom. The molecule has 0 bridgehead atoms. The summed E-state index contributed by atoms with van der Waals surface area (Å²) in [5, 5.41) is 28.4. The van der Waals surface area contributed by atoms with Crippen LogP contribution in [-0.2, 0) is 6.42 Å². The van der Waals surface area contributed by atoms with E-state index < -0.39 is 17.0 Å². The van der Waals surface area contributed by atoms with Crippen LogP contribution in [0.1, 0.15) is 12.0 Å². The molecule has 0 aliphatic heterocycles. The summed E-state index contributed by atoms with van der Waals surface area (Å²) < 4.78 is 12.3. The summed E-state index contributed by atoms with van der Waals surface area (Å²) in [6.45, 7) is -0.756. The molecular formula is C12H10FN3O2. The van der Waals surface area contributed by atoms with Gasteiger partial charge in [0.05, 0.1) is 23.7 Å².